The van der Waals surface area contributed by atoms with Gasteiger partial charge in [0.1, 0.15) is 11.9 Å². The Balaban J connectivity index is 1.42. The van der Waals surface area contributed by atoms with Gasteiger partial charge >= 0.3 is 0 Å². The van der Waals surface area contributed by atoms with Gasteiger partial charge in [0.25, 0.3) is 0 Å². The van der Waals surface area contributed by atoms with Crippen molar-refractivity contribution in [1.29, 1.82) is 0 Å². The van der Waals surface area contributed by atoms with Gasteiger partial charge < -0.3 is 10.1 Å². The van der Waals surface area contributed by atoms with E-state index in [2.05, 4.69) is 17.4 Å². The van der Waals surface area contributed by atoms with Crippen LogP contribution >= 0.6 is 23.2 Å². The molecule has 21 heavy (non-hydrogen) atoms. The van der Waals surface area contributed by atoms with Crippen LogP contribution < -0.4 is 10.1 Å². The molecule has 1 atom stereocenters. The average molecular weight is 322 g/mol. The van der Waals surface area contributed by atoms with Gasteiger partial charge in [0.05, 0.1) is 0 Å². The molecule has 4 heteroatoms. The van der Waals surface area contributed by atoms with Gasteiger partial charge in [0.2, 0.25) is 0 Å². The lowest BCUT2D eigenvalue weighted by Crippen LogP contribution is -2.31. The molecule has 0 spiro atoms. The Hall–Kier alpha value is -1.22. The van der Waals surface area contributed by atoms with E-state index in [0.29, 0.717) is 0 Å². The van der Waals surface area contributed by atoms with Gasteiger partial charge in [-0.1, -0.05) is 35.3 Å². The van der Waals surface area contributed by atoms with E-state index in [4.69, 9.17) is 27.9 Å². The van der Waals surface area contributed by atoms with Crippen LogP contribution in [0.5, 0.6) is 5.75 Å². The van der Waals surface area contributed by atoms with Crippen molar-refractivity contribution in [2.45, 2.75) is 18.9 Å². The lowest BCUT2D eigenvalue weighted by Gasteiger charge is -2.11. The lowest BCUT2D eigenvalue weighted by molar-refractivity contribution is 0.228. The standard InChI is InChI=1S/C17H17Cl2NO/c18-14-3-1-12(2-4-14)7-8-20-11-16-10-13-9-15(19)5-6-17(13)21-16/h1-6,9,16,20H,7-8,10-11H2. The first-order chi connectivity index (χ1) is 10.2. The minimum atomic E-state index is 0.198. The summed E-state index contributed by atoms with van der Waals surface area (Å²) in [6, 6.07) is 13.8. The quantitative estimate of drug-likeness (QED) is 0.836. The molecule has 0 amide bonds. The zero-order valence-corrected chi connectivity index (χ0v) is 13.1. The maximum atomic E-state index is 6.00. The first kappa shape index (κ1) is 14.7. The molecular formula is C17H17Cl2NO. The van der Waals surface area contributed by atoms with E-state index in [1.54, 1.807) is 0 Å². The van der Waals surface area contributed by atoms with E-state index in [-0.39, 0.29) is 6.10 Å². The van der Waals surface area contributed by atoms with Gasteiger partial charge in [0, 0.05) is 23.0 Å². The molecule has 0 aromatic heterocycles. The van der Waals surface area contributed by atoms with Crippen molar-refractivity contribution in [2.75, 3.05) is 13.1 Å². The van der Waals surface area contributed by atoms with E-state index < -0.39 is 0 Å². The number of halogens is 2. The monoisotopic (exact) mass is 321 g/mol. The molecule has 1 aliphatic rings. The molecule has 0 saturated carbocycles. The Kier molecular flexibility index (Phi) is 4.69. The van der Waals surface area contributed by atoms with Gasteiger partial charge in [-0.05, 0) is 54.4 Å². The minimum absolute atomic E-state index is 0.198. The van der Waals surface area contributed by atoms with E-state index in [9.17, 15) is 0 Å². The van der Waals surface area contributed by atoms with E-state index >= 15 is 0 Å². The maximum absolute atomic E-state index is 6.00. The highest BCUT2D eigenvalue weighted by atomic mass is 35.5. The Morgan fingerprint density at radius 3 is 2.62 bits per heavy atom. The largest absolute Gasteiger partial charge is 0.488 e. The van der Waals surface area contributed by atoms with Crippen LogP contribution in [0.1, 0.15) is 11.1 Å². The van der Waals surface area contributed by atoms with Crippen molar-refractivity contribution in [3.8, 4) is 5.75 Å². The molecule has 2 aromatic carbocycles. The third-order valence-corrected chi connectivity index (χ3v) is 4.13. The SMILES string of the molecule is Clc1ccc(CCNCC2Cc3cc(Cl)ccc3O2)cc1. The second kappa shape index (κ2) is 6.69. The topological polar surface area (TPSA) is 21.3 Å². The Morgan fingerprint density at radius 1 is 1.05 bits per heavy atom. The first-order valence-corrected chi connectivity index (χ1v) is 7.86. The van der Waals surface area contributed by atoms with Crippen LogP contribution in [0.15, 0.2) is 42.5 Å². The van der Waals surface area contributed by atoms with Crippen molar-refractivity contribution in [3.63, 3.8) is 0 Å². The Morgan fingerprint density at radius 2 is 1.81 bits per heavy atom. The molecule has 110 valence electrons. The van der Waals surface area contributed by atoms with Crippen LogP contribution in [0.4, 0.5) is 0 Å². The number of nitrogens with one attached hydrogen (secondary N) is 1. The fourth-order valence-corrected chi connectivity index (χ4v) is 2.87. The number of hydrogen-bond acceptors (Lipinski definition) is 2. The molecule has 2 aromatic rings. The average Bonchev–Trinajstić information content (AvgIpc) is 2.87. The van der Waals surface area contributed by atoms with E-state index in [1.807, 2.05) is 30.3 Å². The van der Waals surface area contributed by atoms with Gasteiger partial charge in [-0.2, -0.15) is 0 Å². The van der Waals surface area contributed by atoms with Crippen LogP contribution in [0.3, 0.4) is 0 Å². The van der Waals surface area contributed by atoms with Gasteiger partial charge in [-0.15, -0.1) is 0 Å². The fourth-order valence-electron chi connectivity index (χ4n) is 2.55. The van der Waals surface area contributed by atoms with Crippen LogP contribution in [0, 0.1) is 0 Å². The highest BCUT2D eigenvalue weighted by Gasteiger charge is 2.22. The summed E-state index contributed by atoms with van der Waals surface area (Å²) in [5, 5.41) is 5.00. The highest BCUT2D eigenvalue weighted by molar-refractivity contribution is 6.30. The highest BCUT2D eigenvalue weighted by Crippen LogP contribution is 2.30. The summed E-state index contributed by atoms with van der Waals surface area (Å²) >= 11 is 11.9. The van der Waals surface area contributed by atoms with Crippen LogP contribution in [-0.2, 0) is 12.8 Å². The number of fused-ring (bicyclic) bond motifs is 1. The molecule has 0 saturated heterocycles. The minimum Gasteiger partial charge on any atom is -0.488 e. The van der Waals surface area contributed by atoms with Crippen molar-refractivity contribution in [2.24, 2.45) is 0 Å². The molecule has 2 nitrogen and oxygen atoms in total. The molecule has 1 aliphatic heterocycles. The fraction of sp³-hybridized carbons (Fsp3) is 0.294. The molecule has 1 heterocycles. The zero-order chi connectivity index (χ0) is 14.7. The van der Waals surface area contributed by atoms with Crippen molar-refractivity contribution >= 4 is 23.2 Å². The summed E-state index contributed by atoms with van der Waals surface area (Å²) in [4.78, 5) is 0. The molecule has 0 fully saturated rings. The normalized spacial score (nSPS) is 16.6. The molecule has 0 bridgehead atoms. The van der Waals surface area contributed by atoms with E-state index in [0.717, 1.165) is 41.7 Å². The molecule has 1 N–H and O–H groups in total. The lowest BCUT2D eigenvalue weighted by atomic mass is 10.1. The molecule has 1 unspecified atom stereocenters. The summed E-state index contributed by atoms with van der Waals surface area (Å²) in [6.07, 6.45) is 2.11. The second-order valence-electron chi connectivity index (χ2n) is 5.28. The van der Waals surface area contributed by atoms with Crippen LogP contribution in [-0.4, -0.2) is 19.2 Å². The molecule has 0 radical (unpaired) electrons. The molecule has 0 aliphatic carbocycles. The van der Waals surface area contributed by atoms with Crippen molar-refractivity contribution in [3.05, 3.63) is 63.6 Å². The van der Waals surface area contributed by atoms with Crippen LogP contribution in [0.25, 0.3) is 0 Å². The van der Waals surface area contributed by atoms with Gasteiger partial charge in [-0.25, -0.2) is 0 Å². The van der Waals surface area contributed by atoms with Gasteiger partial charge in [-0.3, -0.25) is 0 Å². The van der Waals surface area contributed by atoms with Crippen molar-refractivity contribution in [1.82, 2.24) is 5.32 Å². The second-order valence-corrected chi connectivity index (χ2v) is 6.15. The summed E-state index contributed by atoms with van der Waals surface area (Å²) in [5.41, 5.74) is 2.49. The van der Waals surface area contributed by atoms with Crippen molar-refractivity contribution < 1.29 is 4.74 Å². The molecular weight excluding hydrogens is 305 g/mol. The predicted molar refractivity (Wildman–Crippen MR) is 87.6 cm³/mol. The summed E-state index contributed by atoms with van der Waals surface area (Å²) < 4.78 is 5.89. The van der Waals surface area contributed by atoms with Crippen LogP contribution in [0.2, 0.25) is 10.0 Å². The third kappa shape index (κ3) is 3.91. The number of rotatable bonds is 5. The zero-order valence-electron chi connectivity index (χ0n) is 11.6. The Bertz CT molecular complexity index is 613. The maximum Gasteiger partial charge on any atom is 0.123 e. The summed E-state index contributed by atoms with van der Waals surface area (Å²) in [7, 11) is 0. The number of benzene rings is 2. The summed E-state index contributed by atoms with van der Waals surface area (Å²) in [5.74, 6) is 0.962. The van der Waals surface area contributed by atoms with E-state index in [1.165, 1.54) is 11.1 Å². The van der Waals surface area contributed by atoms with Gasteiger partial charge in [0.15, 0.2) is 0 Å². The third-order valence-electron chi connectivity index (χ3n) is 3.64. The first-order valence-electron chi connectivity index (χ1n) is 7.11. The smallest absolute Gasteiger partial charge is 0.123 e. The Labute approximate surface area is 135 Å². The summed E-state index contributed by atoms with van der Waals surface area (Å²) in [6.45, 7) is 1.78. The number of ether oxygens (including phenoxy) is 1. The number of hydrogen-bond donors (Lipinski definition) is 1. The molecule has 3 rings (SSSR count). The predicted octanol–water partition coefficient (Wildman–Crippen LogP) is 4.13.